The molecule has 3 rings (SSSR count). The summed E-state index contributed by atoms with van der Waals surface area (Å²) >= 11 is 0. The Morgan fingerprint density at radius 3 is 2.74 bits per heavy atom. The molecule has 0 aliphatic carbocycles. The van der Waals surface area contributed by atoms with Crippen molar-refractivity contribution in [3.05, 3.63) is 70.3 Å². The highest BCUT2D eigenvalue weighted by Gasteiger charge is 2.12. The van der Waals surface area contributed by atoms with E-state index in [1.54, 1.807) is 42.3 Å². The number of hydrogen-bond acceptors (Lipinski definition) is 5. The predicted octanol–water partition coefficient (Wildman–Crippen LogP) is 0.672. The van der Waals surface area contributed by atoms with Gasteiger partial charge in [0.2, 0.25) is 0 Å². The molecular formula is C17H15F2N7O. The van der Waals surface area contributed by atoms with Crippen LogP contribution in [0.3, 0.4) is 0 Å². The molecule has 3 heterocycles. The fourth-order valence-corrected chi connectivity index (χ4v) is 2.23. The van der Waals surface area contributed by atoms with Crippen molar-refractivity contribution in [2.75, 3.05) is 6.54 Å². The first kappa shape index (κ1) is 18.2. The van der Waals surface area contributed by atoms with Crippen molar-refractivity contribution in [3.8, 4) is 17.7 Å². The van der Waals surface area contributed by atoms with Gasteiger partial charge in [-0.05, 0) is 18.1 Å². The molecule has 2 N–H and O–H groups in total. The van der Waals surface area contributed by atoms with Gasteiger partial charge in [0.1, 0.15) is 17.8 Å². The van der Waals surface area contributed by atoms with Gasteiger partial charge in [-0.1, -0.05) is 12.0 Å². The topological polar surface area (TPSA) is 96.6 Å². The summed E-state index contributed by atoms with van der Waals surface area (Å²) in [5.41, 5.74) is 5.48. The molecule has 0 saturated heterocycles. The maximum Gasteiger partial charge on any atom is 0.351 e. The van der Waals surface area contributed by atoms with Crippen LogP contribution >= 0.6 is 0 Å². The largest absolute Gasteiger partial charge is 0.351 e. The third-order valence-corrected chi connectivity index (χ3v) is 3.61. The summed E-state index contributed by atoms with van der Waals surface area (Å²) in [6.07, 6.45) is 2.69. The van der Waals surface area contributed by atoms with E-state index in [4.69, 9.17) is 5.73 Å². The minimum absolute atomic E-state index is 0.281. The summed E-state index contributed by atoms with van der Waals surface area (Å²) in [7, 11) is 1.79. The molecule has 8 nitrogen and oxygen atoms in total. The van der Waals surface area contributed by atoms with E-state index in [0.717, 1.165) is 14.8 Å². The smallest absolute Gasteiger partial charge is 0.327 e. The molecule has 0 spiro atoms. The molecule has 0 fully saturated rings. The molecule has 0 saturated carbocycles. The van der Waals surface area contributed by atoms with E-state index < -0.39 is 11.8 Å². The van der Waals surface area contributed by atoms with Crippen molar-refractivity contribution in [1.82, 2.24) is 29.1 Å². The van der Waals surface area contributed by atoms with Crippen LogP contribution in [0.2, 0.25) is 0 Å². The number of aryl methyl sites for hydroxylation is 1. The van der Waals surface area contributed by atoms with Crippen LogP contribution in [0.25, 0.3) is 5.82 Å². The highest BCUT2D eigenvalue weighted by atomic mass is 19.3. The van der Waals surface area contributed by atoms with Crippen LogP contribution in [-0.4, -0.2) is 35.7 Å². The van der Waals surface area contributed by atoms with Gasteiger partial charge in [-0.2, -0.15) is 19.0 Å². The summed E-state index contributed by atoms with van der Waals surface area (Å²) in [6, 6.07) is 4.97. The Morgan fingerprint density at radius 2 is 2.07 bits per heavy atom. The number of pyridine rings is 1. The lowest BCUT2D eigenvalue weighted by Gasteiger charge is -2.02. The number of nitrogens with zero attached hydrogens (tertiary/aromatic N) is 6. The standard InChI is InChI=1S/C17H15F2N7O/c1-24-9-12(8-21-24)5-6-14-3-2-4-15(23-14)25-11-22-26(17(25)27)10-13(7-20)16(18)19/h2-4,8-9,11H,7,10,20H2,1H3. The zero-order chi connectivity index (χ0) is 19.4. The lowest BCUT2D eigenvalue weighted by atomic mass is 10.3. The average molecular weight is 371 g/mol. The molecule has 10 heteroatoms. The predicted molar refractivity (Wildman–Crippen MR) is 93.1 cm³/mol. The van der Waals surface area contributed by atoms with Crippen LogP contribution in [0.4, 0.5) is 8.78 Å². The van der Waals surface area contributed by atoms with Gasteiger partial charge in [-0.25, -0.2) is 19.0 Å². The lowest BCUT2D eigenvalue weighted by molar-refractivity contribution is 0.400. The molecule has 0 unspecified atom stereocenters. The zero-order valence-electron chi connectivity index (χ0n) is 14.3. The number of hydrogen-bond donors (Lipinski definition) is 1. The summed E-state index contributed by atoms with van der Waals surface area (Å²) in [6.45, 7) is -0.746. The van der Waals surface area contributed by atoms with E-state index in [0.29, 0.717) is 5.69 Å². The lowest BCUT2D eigenvalue weighted by Crippen LogP contribution is -2.26. The van der Waals surface area contributed by atoms with Gasteiger partial charge in [0.05, 0.1) is 18.3 Å². The second-order valence-electron chi connectivity index (χ2n) is 5.54. The van der Waals surface area contributed by atoms with Crippen molar-refractivity contribution >= 4 is 0 Å². The molecule has 0 radical (unpaired) electrons. The van der Waals surface area contributed by atoms with E-state index in [1.165, 1.54) is 6.33 Å². The Labute approximate surface area is 152 Å². The second-order valence-corrected chi connectivity index (χ2v) is 5.54. The van der Waals surface area contributed by atoms with Crippen molar-refractivity contribution in [1.29, 1.82) is 0 Å². The van der Waals surface area contributed by atoms with Gasteiger partial charge < -0.3 is 5.73 Å². The fourth-order valence-electron chi connectivity index (χ4n) is 2.23. The molecule has 3 aromatic heterocycles. The van der Waals surface area contributed by atoms with Crippen LogP contribution in [0.5, 0.6) is 0 Å². The summed E-state index contributed by atoms with van der Waals surface area (Å²) in [5, 5.41) is 7.87. The molecule has 0 aromatic carbocycles. The fraction of sp³-hybridized carbons (Fsp3) is 0.176. The molecule has 3 aromatic rings. The number of nitrogens with two attached hydrogens (primary N) is 1. The molecule has 0 amide bonds. The highest BCUT2D eigenvalue weighted by molar-refractivity contribution is 5.39. The molecule has 0 atom stereocenters. The zero-order valence-corrected chi connectivity index (χ0v) is 14.3. The van der Waals surface area contributed by atoms with Crippen molar-refractivity contribution in [2.45, 2.75) is 6.54 Å². The number of aromatic nitrogens is 6. The molecule has 138 valence electrons. The van der Waals surface area contributed by atoms with E-state index in [1.807, 2.05) is 0 Å². The Bertz CT molecular complexity index is 1110. The van der Waals surface area contributed by atoms with Gasteiger partial charge in [-0.3, -0.25) is 4.68 Å². The maximum atomic E-state index is 12.7. The summed E-state index contributed by atoms with van der Waals surface area (Å²) in [4.78, 5) is 16.7. The Hall–Kier alpha value is -3.58. The van der Waals surface area contributed by atoms with Crippen LogP contribution in [0.1, 0.15) is 11.3 Å². The third-order valence-electron chi connectivity index (χ3n) is 3.61. The van der Waals surface area contributed by atoms with Gasteiger partial charge in [0, 0.05) is 25.4 Å². The first-order chi connectivity index (χ1) is 13.0. The minimum Gasteiger partial charge on any atom is -0.327 e. The SMILES string of the molecule is Cn1cc(C#Cc2cccc(-n3cnn(CC(CN)=C(F)F)c3=O)n2)cn1. The molecule has 0 aliphatic rings. The Kier molecular flexibility index (Phi) is 5.23. The Morgan fingerprint density at radius 1 is 1.26 bits per heavy atom. The van der Waals surface area contributed by atoms with E-state index in [-0.39, 0.29) is 24.5 Å². The first-order valence-electron chi connectivity index (χ1n) is 7.83. The quantitative estimate of drug-likeness (QED) is 0.680. The minimum atomic E-state index is -1.91. The van der Waals surface area contributed by atoms with E-state index in [2.05, 4.69) is 27.0 Å². The monoisotopic (exact) mass is 371 g/mol. The van der Waals surface area contributed by atoms with Crippen LogP contribution < -0.4 is 11.4 Å². The second kappa shape index (κ2) is 7.76. The van der Waals surface area contributed by atoms with E-state index in [9.17, 15) is 13.6 Å². The maximum absolute atomic E-state index is 12.7. The van der Waals surface area contributed by atoms with Crippen molar-refractivity contribution in [2.24, 2.45) is 12.8 Å². The third kappa shape index (κ3) is 4.16. The molecule has 0 bridgehead atoms. The number of rotatable bonds is 4. The van der Waals surface area contributed by atoms with Gasteiger partial charge >= 0.3 is 5.69 Å². The van der Waals surface area contributed by atoms with Crippen LogP contribution in [-0.2, 0) is 13.6 Å². The highest BCUT2D eigenvalue weighted by Crippen LogP contribution is 2.08. The Balaban J connectivity index is 1.89. The van der Waals surface area contributed by atoms with Gasteiger partial charge in [-0.15, -0.1) is 0 Å². The first-order valence-corrected chi connectivity index (χ1v) is 7.83. The van der Waals surface area contributed by atoms with E-state index >= 15 is 0 Å². The van der Waals surface area contributed by atoms with Crippen LogP contribution in [0.15, 0.2) is 53.4 Å². The van der Waals surface area contributed by atoms with Gasteiger partial charge in [0.25, 0.3) is 6.08 Å². The van der Waals surface area contributed by atoms with Gasteiger partial charge in [0.15, 0.2) is 0 Å². The average Bonchev–Trinajstić information content (AvgIpc) is 3.23. The summed E-state index contributed by atoms with van der Waals surface area (Å²) in [5.74, 6) is 6.09. The van der Waals surface area contributed by atoms with Crippen LogP contribution in [0, 0.1) is 11.8 Å². The molecule has 0 aliphatic heterocycles. The summed E-state index contributed by atoms with van der Waals surface area (Å²) < 4.78 is 29.2. The molecule has 27 heavy (non-hydrogen) atoms. The number of halogens is 2. The van der Waals surface area contributed by atoms with Crippen molar-refractivity contribution in [3.63, 3.8) is 0 Å². The van der Waals surface area contributed by atoms with Crippen molar-refractivity contribution < 1.29 is 8.78 Å². The molecular weight excluding hydrogens is 356 g/mol. The normalized spacial score (nSPS) is 10.4.